The van der Waals surface area contributed by atoms with Crippen LogP contribution in [0.5, 0.6) is 0 Å². The van der Waals surface area contributed by atoms with Crippen molar-refractivity contribution in [2.45, 2.75) is 6.92 Å². The van der Waals surface area contributed by atoms with Gasteiger partial charge < -0.3 is 5.32 Å². The number of hydrogen-bond acceptors (Lipinski definition) is 1. The smallest absolute Gasteiger partial charge is 0.0420 e. The first kappa shape index (κ1) is 11.5. The molecule has 0 heterocycles. The van der Waals surface area contributed by atoms with Crippen LogP contribution in [0.25, 0.3) is 11.1 Å². The SMILES string of the molecule is CCNc1ccccc1-c1ccccc1I. The van der Waals surface area contributed by atoms with Crippen LogP contribution in [0.15, 0.2) is 48.5 Å². The largest absolute Gasteiger partial charge is 0.385 e. The molecule has 0 aliphatic carbocycles. The highest BCUT2D eigenvalue weighted by Crippen LogP contribution is 2.30. The lowest BCUT2D eigenvalue weighted by molar-refractivity contribution is 1.21. The molecule has 0 amide bonds. The van der Waals surface area contributed by atoms with Crippen molar-refractivity contribution < 1.29 is 0 Å². The minimum atomic E-state index is 0.945. The van der Waals surface area contributed by atoms with Crippen molar-refractivity contribution in [3.63, 3.8) is 0 Å². The third kappa shape index (κ3) is 2.38. The van der Waals surface area contributed by atoms with Crippen molar-refractivity contribution >= 4 is 28.3 Å². The van der Waals surface area contributed by atoms with E-state index in [1.54, 1.807) is 0 Å². The second-order valence-corrected chi connectivity index (χ2v) is 4.72. The van der Waals surface area contributed by atoms with Gasteiger partial charge in [-0.25, -0.2) is 0 Å². The Kier molecular flexibility index (Phi) is 3.83. The lowest BCUT2D eigenvalue weighted by atomic mass is 10.0. The van der Waals surface area contributed by atoms with Crippen LogP contribution in [-0.2, 0) is 0 Å². The fraction of sp³-hybridized carbons (Fsp3) is 0.143. The number of halogens is 1. The molecule has 0 unspecified atom stereocenters. The van der Waals surface area contributed by atoms with Crippen LogP contribution in [0.2, 0.25) is 0 Å². The maximum Gasteiger partial charge on any atom is 0.0420 e. The normalized spacial score (nSPS) is 10.1. The molecule has 0 saturated carbocycles. The van der Waals surface area contributed by atoms with Crippen molar-refractivity contribution in [1.29, 1.82) is 0 Å². The zero-order valence-electron chi connectivity index (χ0n) is 9.20. The zero-order chi connectivity index (χ0) is 11.4. The molecule has 82 valence electrons. The highest BCUT2D eigenvalue weighted by molar-refractivity contribution is 14.1. The molecule has 2 rings (SSSR count). The first-order valence-corrected chi connectivity index (χ1v) is 6.48. The van der Waals surface area contributed by atoms with E-state index in [2.05, 4.69) is 83.4 Å². The van der Waals surface area contributed by atoms with Crippen molar-refractivity contribution in [3.8, 4) is 11.1 Å². The molecule has 0 atom stereocenters. The Bertz CT molecular complexity index is 480. The van der Waals surface area contributed by atoms with E-state index in [1.807, 2.05) is 0 Å². The van der Waals surface area contributed by atoms with Crippen LogP contribution in [0.1, 0.15) is 6.92 Å². The third-order valence-electron chi connectivity index (χ3n) is 2.46. The Morgan fingerprint density at radius 1 is 0.938 bits per heavy atom. The summed E-state index contributed by atoms with van der Waals surface area (Å²) < 4.78 is 1.28. The average Bonchev–Trinajstić information content (AvgIpc) is 2.31. The Balaban J connectivity index is 2.51. The molecule has 0 aliphatic rings. The summed E-state index contributed by atoms with van der Waals surface area (Å²) in [6.07, 6.45) is 0. The number of nitrogens with one attached hydrogen (secondary N) is 1. The number of para-hydroxylation sites is 1. The first-order chi connectivity index (χ1) is 7.83. The monoisotopic (exact) mass is 323 g/mol. The predicted molar refractivity (Wildman–Crippen MR) is 78.8 cm³/mol. The summed E-state index contributed by atoms with van der Waals surface area (Å²) in [5, 5.41) is 3.40. The number of hydrogen-bond donors (Lipinski definition) is 1. The van der Waals surface area contributed by atoms with Crippen molar-refractivity contribution in [3.05, 3.63) is 52.1 Å². The summed E-state index contributed by atoms with van der Waals surface area (Å²) in [5.41, 5.74) is 3.77. The highest BCUT2D eigenvalue weighted by atomic mass is 127. The van der Waals surface area contributed by atoms with Gasteiger partial charge in [0.1, 0.15) is 0 Å². The summed E-state index contributed by atoms with van der Waals surface area (Å²) in [7, 11) is 0. The molecule has 16 heavy (non-hydrogen) atoms. The van der Waals surface area contributed by atoms with Gasteiger partial charge in [-0.05, 0) is 47.2 Å². The number of anilines is 1. The molecule has 0 fully saturated rings. The topological polar surface area (TPSA) is 12.0 Å². The predicted octanol–water partition coefficient (Wildman–Crippen LogP) is 4.39. The first-order valence-electron chi connectivity index (χ1n) is 5.40. The summed E-state index contributed by atoms with van der Waals surface area (Å²) in [6.45, 7) is 3.06. The molecule has 1 nitrogen and oxygen atoms in total. The van der Waals surface area contributed by atoms with Crippen LogP contribution in [0.4, 0.5) is 5.69 Å². The molecule has 0 aliphatic heterocycles. The molecule has 2 aromatic rings. The van der Waals surface area contributed by atoms with E-state index >= 15 is 0 Å². The molecule has 0 saturated heterocycles. The van der Waals surface area contributed by atoms with Gasteiger partial charge in [0.05, 0.1) is 0 Å². The molecule has 2 heteroatoms. The molecule has 2 aromatic carbocycles. The van der Waals surface area contributed by atoms with Gasteiger partial charge in [0, 0.05) is 21.4 Å². The maximum atomic E-state index is 3.40. The quantitative estimate of drug-likeness (QED) is 0.826. The van der Waals surface area contributed by atoms with Gasteiger partial charge >= 0.3 is 0 Å². The zero-order valence-corrected chi connectivity index (χ0v) is 11.4. The van der Waals surface area contributed by atoms with Crippen LogP contribution >= 0.6 is 22.6 Å². The van der Waals surface area contributed by atoms with E-state index in [1.165, 1.54) is 20.4 Å². The third-order valence-corrected chi connectivity index (χ3v) is 3.40. The van der Waals surface area contributed by atoms with Gasteiger partial charge in [-0.15, -0.1) is 0 Å². The Morgan fingerprint density at radius 2 is 1.56 bits per heavy atom. The van der Waals surface area contributed by atoms with Gasteiger partial charge in [-0.1, -0.05) is 36.4 Å². The van der Waals surface area contributed by atoms with Gasteiger partial charge in [0.2, 0.25) is 0 Å². The fourth-order valence-corrected chi connectivity index (χ4v) is 2.42. The van der Waals surface area contributed by atoms with Crippen molar-refractivity contribution in [2.24, 2.45) is 0 Å². The molecule has 0 aromatic heterocycles. The standard InChI is InChI=1S/C14H14IN/c1-2-16-14-10-6-4-8-12(14)11-7-3-5-9-13(11)15/h3-10,16H,2H2,1H3. The van der Waals surface area contributed by atoms with E-state index < -0.39 is 0 Å². The van der Waals surface area contributed by atoms with Crippen LogP contribution in [0.3, 0.4) is 0 Å². The lowest BCUT2D eigenvalue weighted by Crippen LogP contribution is -1.98. The molecule has 0 spiro atoms. The fourth-order valence-electron chi connectivity index (χ4n) is 1.74. The van der Waals surface area contributed by atoms with Crippen molar-refractivity contribution in [1.82, 2.24) is 0 Å². The molecule has 0 bridgehead atoms. The van der Waals surface area contributed by atoms with Crippen LogP contribution in [0, 0.1) is 3.57 Å². The Hall–Kier alpha value is -1.03. The number of rotatable bonds is 3. The maximum absolute atomic E-state index is 3.40. The Labute approximate surface area is 110 Å². The van der Waals surface area contributed by atoms with E-state index in [0.29, 0.717) is 0 Å². The molecular formula is C14H14IN. The average molecular weight is 323 g/mol. The second kappa shape index (κ2) is 5.34. The summed E-state index contributed by atoms with van der Waals surface area (Å²) in [5.74, 6) is 0. The molecular weight excluding hydrogens is 309 g/mol. The van der Waals surface area contributed by atoms with Crippen LogP contribution in [-0.4, -0.2) is 6.54 Å². The lowest BCUT2D eigenvalue weighted by Gasteiger charge is -2.11. The minimum absolute atomic E-state index is 0.945. The molecule has 0 radical (unpaired) electrons. The minimum Gasteiger partial charge on any atom is -0.385 e. The summed E-state index contributed by atoms with van der Waals surface area (Å²) >= 11 is 2.38. The Morgan fingerprint density at radius 3 is 2.25 bits per heavy atom. The summed E-state index contributed by atoms with van der Waals surface area (Å²) in [4.78, 5) is 0. The van der Waals surface area contributed by atoms with E-state index in [9.17, 15) is 0 Å². The van der Waals surface area contributed by atoms with E-state index in [-0.39, 0.29) is 0 Å². The summed E-state index contributed by atoms with van der Waals surface area (Å²) in [6, 6.07) is 16.9. The van der Waals surface area contributed by atoms with Gasteiger partial charge in [-0.3, -0.25) is 0 Å². The van der Waals surface area contributed by atoms with Gasteiger partial charge in [0.25, 0.3) is 0 Å². The van der Waals surface area contributed by atoms with Gasteiger partial charge in [0.15, 0.2) is 0 Å². The van der Waals surface area contributed by atoms with Gasteiger partial charge in [-0.2, -0.15) is 0 Å². The molecule has 1 N–H and O–H groups in total. The highest BCUT2D eigenvalue weighted by Gasteiger charge is 2.05. The van der Waals surface area contributed by atoms with Crippen molar-refractivity contribution in [2.75, 3.05) is 11.9 Å². The van der Waals surface area contributed by atoms with E-state index in [0.717, 1.165) is 6.54 Å². The number of benzene rings is 2. The second-order valence-electron chi connectivity index (χ2n) is 3.56. The van der Waals surface area contributed by atoms with Crippen LogP contribution < -0.4 is 5.32 Å². The van der Waals surface area contributed by atoms with E-state index in [4.69, 9.17) is 0 Å².